The maximum Gasteiger partial charge on any atom is 0.261 e. The van der Waals surface area contributed by atoms with E-state index in [0.717, 1.165) is 0 Å². The van der Waals surface area contributed by atoms with Gasteiger partial charge in [-0.3, -0.25) is 14.4 Å². The van der Waals surface area contributed by atoms with Crippen LogP contribution in [0.2, 0.25) is 0 Å². The predicted molar refractivity (Wildman–Crippen MR) is 130 cm³/mol. The number of amides is 2. The highest BCUT2D eigenvalue weighted by Crippen LogP contribution is 2.27. The van der Waals surface area contributed by atoms with Gasteiger partial charge in [0, 0.05) is 55.7 Å². The Morgan fingerprint density at radius 1 is 1.12 bits per heavy atom. The molecule has 0 saturated carbocycles. The Balaban J connectivity index is 1.72. The summed E-state index contributed by atoms with van der Waals surface area (Å²) in [6, 6.07) is 9.98. The van der Waals surface area contributed by atoms with Gasteiger partial charge in [0.1, 0.15) is 11.4 Å². The number of rotatable bonds is 4. The van der Waals surface area contributed by atoms with Gasteiger partial charge in [-0.15, -0.1) is 0 Å². The average molecular weight is 515 g/mol. The molecule has 1 fully saturated rings. The zero-order valence-corrected chi connectivity index (χ0v) is 20.0. The Kier molecular flexibility index (Phi) is 6.51. The lowest BCUT2D eigenvalue weighted by Gasteiger charge is -2.36. The first kappa shape index (κ1) is 23.0. The van der Waals surface area contributed by atoms with Crippen LogP contribution in [0.25, 0.3) is 10.9 Å². The molecule has 7 nitrogen and oxygen atoms in total. The van der Waals surface area contributed by atoms with E-state index in [9.17, 15) is 14.4 Å². The summed E-state index contributed by atoms with van der Waals surface area (Å²) >= 11 is 3.38. The minimum Gasteiger partial charge on any atom is -0.366 e. The minimum absolute atomic E-state index is 0.00166. The van der Waals surface area contributed by atoms with Crippen LogP contribution in [0, 0.1) is 5.82 Å². The number of carbonyl (C=O) groups is 2. The molecule has 0 radical (unpaired) electrons. The smallest absolute Gasteiger partial charge is 0.261 e. The van der Waals surface area contributed by atoms with Gasteiger partial charge < -0.3 is 19.7 Å². The Labute approximate surface area is 198 Å². The normalized spacial score (nSPS) is 13.9. The van der Waals surface area contributed by atoms with E-state index in [0.29, 0.717) is 54.1 Å². The third kappa shape index (κ3) is 4.50. The van der Waals surface area contributed by atoms with Crippen molar-refractivity contribution in [1.82, 2.24) is 9.47 Å². The van der Waals surface area contributed by atoms with Crippen molar-refractivity contribution < 1.29 is 14.0 Å². The lowest BCUT2D eigenvalue weighted by Crippen LogP contribution is -2.48. The second kappa shape index (κ2) is 9.35. The lowest BCUT2D eigenvalue weighted by atomic mass is 10.1. The highest BCUT2D eigenvalue weighted by Gasteiger charge is 2.23. The molecule has 0 unspecified atom stereocenters. The number of nitrogens with zero attached hydrogens (tertiary/aromatic N) is 3. The van der Waals surface area contributed by atoms with E-state index >= 15 is 4.39 Å². The number of halogens is 2. The first-order chi connectivity index (χ1) is 15.8. The lowest BCUT2D eigenvalue weighted by molar-refractivity contribution is -0.129. The summed E-state index contributed by atoms with van der Waals surface area (Å²) in [7, 11) is 0. The molecule has 0 aliphatic carbocycles. The van der Waals surface area contributed by atoms with Crippen molar-refractivity contribution in [2.24, 2.45) is 0 Å². The van der Waals surface area contributed by atoms with Crippen LogP contribution < -0.4 is 15.6 Å². The van der Waals surface area contributed by atoms with Crippen LogP contribution in [0.4, 0.5) is 15.8 Å². The molecule has 4 rings (SSSR count). The molecule has 0 atom stereocenters. The van der Waals surface area contributed by atoms with E-state index in [1.54, 1.807) is 33.7 Å². The first-order valence-corrected chi connectivity index (χ1v) is 11.5. The van der Waals surface area contributed by atoms with E-state index in [-0.39, 0.29) is 16.9 Å². The molecule has 1 aliphatic rings. The molecule has 9 heteroatoms. The third-order valence-electron chi connectivity index (χ3n) is 5.92. The molecule has 33 heavy (non-hydrogen) atoms. The van der Waals surface area contributed by atoms with E-state index in [1.807, 2.05) is 17.9 Å². The number of hydrogen-bond acceptors (Lipinski definition) is 4. The topological polar surface area (TPSA) is 74.7 Å². The van der Waals surface area contributed by atoms with Crippen molar-refractivity contribution >= 4 is 50.0 Å². The van der Waals surface area contributed by atoms with Crippen LogP contribution >= 0.6 is 15.9 Å². The number of hydrogen-bond donors (Lipinski definition) is 1. The SMILES string of the molecule is CCn1cc(C(=O)Nc2ccccc2Br)c(=O)c2cc(F)c(N3CCN(C(C)=O)CC3)cc21. The summed E-state index contributed by atoms with van der Waals surface area (Å²) in [6.45, 7) is 5.96. The third-order valence-corrected chi connectivity index (χ3v) is 6.61. The van der Waals surface area contributed by atoms with E-state index in [2.05, 4.69) is 21.2 Å². The van der Waals surface area contributed by atoms with Crippen molar-refractivity contribution in [3.63, 3.8) is 0 Å². The summed E-state index contributed by atoms with van der Waals surface area (Å²) in [4.78, 5) is 41.3. The number of aryl methyl sites for hydroxylation is 1. The number of piperazine rings is 1. The molecule has 1 aliphatic heterocycles. The van der Waals surface area contributed by atoms with Gasteiger partial charge >= 0.3 is 0 Å². The quantitative estimate of drug-likeness (QED) is 0.573. The van der Waals surface area contributed by atoms with E-state index in [4.69, 9.17) is 0 Å². The fourth-order valence-electron chi connectivity index (χ4n) is 4.08. The molecule has 2 aromatic carbocycles. The first-order valence-electron chi connectivity index (χ1n) is 10.7. The summed E-state index contributed by atoms with van der Waals surface area (Å²) in [5.41, 5.74) is 0.910. The standard InChI is InChI=1S/C24H24BrFN4O3/c1-3-28-14-17(24(33)27-20-7-5-4-6-18(20)25)23(32)16-12-19(26)22(13-21(16)28)30-10-8-29(9-11-30)15(2)31/h4-7,12-14H,3,8-11H2,1-2H3,(H,27,33). The molecular formula is C24H24BrFN4O3. The number of pyridine rings is 1. The number of nitrogens with one attached hydrogen (secondary N) is 1. The highest BCUT2D eigenvalue weighted by atomic mass is 79.9. The van der Waals surface area contributed by atoms with Crippen molar-refractivity contribution in [2.75, 3.05) is 36.4 Å². The van der Waals surface area contributed by atoms with Gasteiger partial charge in [-0.1, -0.05) is 12.1 Å². The summed E-state index contributed by atoms with van der Waals surface area (Å²) < 4.78 is 17.6. The van der Waals surface area contributed by atoms with Gasteiger partial charge in [0.2, 0.25) is 11.3 Å². The van der Waals surface area contributed by atoms with Crippen molar-refractivity contribution in [2.45, 2.75) is 20.4 Å². The number of benzene rings is 2. The molecule has 0 spiro atoms. The molecule has 1 saturated heterocycles. The number of para-hydroxylation sites is 1. The Bertz CT molecular complexity index is 1300. The largest absolute Gasteiger partial charge is 0.366 e. The van der Waals surface area contributed by atoms with Crippen molar-refractivity contribution in [1.29, 1.82) is 0 Å². The summed E-state index contributed by atoms with van der Waals surface area (Å²) in [5.74, 6) is -1.08. The number of anilines is 2. The zero-order chi connectivity index (χ0) is 23.7. The molecule has 3 aromatic rings. The summed E-state index contributed by atoms with van der Waals surface area (Å²) in [5, 5.41) is 2.89. The molecule has 2 amide bonds. The van der Waals surface area contributed by atoms with Gasteiger partial charge in [-0.25, -0.2) is 4.39 Å². The Morgan fingerprint density at radius 3 is 2.45 bits per heavy atom. The van der Waals surface area contributed by atoms with Crippen LogP contribution in [-0.2, 0) is 11.3 Å². The van der Waals surface area contributed by atoms with Gasteiger partial charge in [-0.2, -0.15) is 0 Å². The zero-order valence-electron chi connectivity index (χ0n) is 18.4. The molecule has 2 heterocycles. The molecule has 0 bridgehead atoms. The molecule has 1 N–H and O–H groups in total. The predicted octanol–water partition coefficient (Wildman–Crippen LogP) is 3.84. The second-order valence-electron chi connectivity index (χ2n) is 7.91. The van der Waals surface area contributed by atoms with Crippen LogP contribution in [0.15, 0.2) is 51.9 Å². The second-order valence-corrected chi connectivity index (χ2v) is 8.76. The number of aromatic nitrogens is 1. The molecule has 172 valence electrons. The highest BCUT2D eigenvalue weighted by molar-refractivity contribution is 9.10. The van der Waals surface area contributed by atoms with Crippen molar-refractivity contribution in [3.05, 3.63) is 68.7 Å². The van der Waals surface area contributed by atoms with Gasteiger partial charge in [0.25, 0.3) is 5.91 Å². The van der Waals surface area contributed by atoms with Gasteiger partial charge in [0.05, 0.1) is 16.9 Å². The maximum atomic E-state index is 15.1. The van der Waals surface area contributed by atoms with Gasteiger partial charge in [0.15, 0.2) is 0 Å². The monoisotopic (exact) mass is 514 g/mol. The molecule has 1 aromatic heterocycles. The van der Waals surface area contributed by atoms with Gasteiger partial charge in [-0.05, 0) is 47.1 Å². The fourth-order valence-corrected chi connectivity index (χ4v) is 4.46. The maximum absolute atomic E-state index is 15.1. The van der Waals surface area contributed by atoms with Crippen LogP contribution in [0.1, 0.15) is 24.2 Å². The number of carbonyl (C=O) groups excluding carboxylic acids is 2. The Morgan fingerprint density at radius 2 is 1.82 bits per heavy atom. The van der Waals surface area contributed by atoms with E-state index < -0.39 is 17.2 Å². The molecular weight excluding hydrogens is 491 g/mol. The fraction of sp³-hybridized carbons (Fsp3) is 0.292. The van der Waals surface area contributed by atoms with Crippen LogP contribution in [-0.4, -0.2) is 47.5 Å². The van der Waals surface area contributed by atoms with E-state index in [1.165, 1.54) is 19.2 Å². The number of fused-ring (bicyclic) bond motifs is 1. The van der Waals surface area contributed by atoms with Crippen LogP contribution in [0.5, 0.6) is 0 Å². The average Bonchev–Trinajstić information content (AvgIpc) is 2.81. The minimum atomic E-state index is -0.555. The van der Waals surface area contributed by atoms with Crippen LogP contribution in [0.3, 0.4) is 0 Å². The van der Waals surface area contributed by atoms with Crippen molar-refractivity contribution in [3.8, 4) is 0 Å². The Hall–Kier alpha value is -3.20. The summed E-state index contributed by atoms with van der Waals surface area (Å²) in [6.07, 6.45) is 1.52.